The van der Waals surface area contributed by atoms with E-state index in [9.17, 15) is 0 Å². The molecule has 0 saturated carbocycles. The van der Waals surface area contributed by atoms with E-state index >= 15 is 0 Å². The normalized spacial score (nSPS) is 10.6. The zero-order valence-electron chi connectivity index (χ0n) is 10.6. The van der Waals surface area contributed by atoms with Crippen molar-refractivity contribution in [3.05, 3.63) is 54.1 Å². The molecule has 88 valence electrons. The Balaban J connectivity index is 2.26. The molecule has 0 atom stereocenters. The van der Waals surface area contributed by atoms with Crippen molar-refractivity contribution in [2.75, 3.05) is 7.11 Å². The van der Waals surface area contributed by atoms with Gasteiger partial charge in [-0.15, -0.1) is 0 Å². The highest BCUT2D eigenvalue weighted by Gasteiger charge is 2.01. The van der Waals surface area contributed by atoms with Crippen molar-refractivity contribution in [1.82, 2.24) is 0 Å². The fourth-order valence-corrected chi connectivity index (χ4v) is 1.84. The molecule has 1 heteroatoms. The Morgan fingerprint density at radius 1 is 0.765 bits per heavy atom. The molecule has 2 rings (SSSR count). The number of benzene rings is 2. The van der Waals surface area contributed by atoms with Crippen molar-refractivity contribution in [1.29, 1.82) is 0 Å². The Bertz CT molecular complexity index is 466. The second kappa shape index (κ2) is 5.05. The summed E-state index contributed by atoms with van der Waals surface area (Å²) in [5.41, 5.74) is 3.85. The summed E-state index contributed by atoms with van der Waals surface area (Å²) < 4.78 is 5.16. The fraction of sp³-hybridized carbons (Fsp3) is 0.250. The van der Waals surface area contributed by atoms with Gasteiger partial charge >= 0.3 is 0 Å². The van der Waals surface area contributed by atoms with Gasteiger partial charge in [0, 0.05) is 0 Å². The average molecular weight is 226 g/mol. The first-order valence-electron chi connectivity index (χ1n) is 5.95. The summed E-state index contributed by atoms with van der Waals surface area (Å²) in [6, 6.07) is 16.9. The van der Waals surface area contributed by atoms with Crippen molar-refractivity contribution in [2.45, 2.75) is 19.8 Å². The molecule has 0 aliphatic carbocycles. The van der Waals surface area contributed by atoms with E-state index in [-0.39, 0.29) is 0 Å². The first kappa shape index (κ1) is 11.7. The number of ether oxygens (including phenoxy) is 1. The molecule has 0 bridgehead atoms. The first-order valence-corrected chi connectivity index (χ1v) is 5.95. The van der Waals surface area contributed by atoms with E-state index in [0.717, 1.165) is 5.75 Å². The van der Waals surface area contributed by atoms with E-state index in [4.69, 9.17) is 4.74 Å². The van der Waals surface area contributed by atoms with Crippen LogP contribution in [-0.4, -0.2) is 7.11 Å². The number of rotatable bonds is 3. The minimum atomic E-state index is 0.583. The van der Waals surface area contributed by atoms with Crippen LogP contribution in [0.15, 0.2) is 48.5 Å². The highest BCUT2D eigenvalue weighted by molar-refractivity contribution is 5.64. The van der Waals surface area contributed by atoms with Crippen molar-refractivity contribution in [2.24, 2.45) is 0 Å². The van der Waals surface area contributed by atoms with Crippen LogP contribution in [0.5, 0.6) is 5.75 Å². The minimum absolute atomic E-state index is 0.583. The molecule has 2 aromatic carbocycles. The lowest BCUT2D eigenvalue weighted by Crippen LogP contribution is -1.87. The summed E-state index contributed by atoms with van der Waals surface area (Å²) in [4.78, 5) is 0. The van der Waals surface area contributed by atoms with Gasteiger partial charge in [0.25, 0.3) is 0 Å². The summed E-state index contributed by atoms with van der Waals surface area (Å²) in [5, 5.41) is 0. The molecule has 0 aliphatic heterocycles. The molecule has 0 aromatic heterocycles. The van der Waals surface area contributed by atoms with Crippen LogP contribution in [-0.2, 0) is 0 Å². The maximum Gasteiger partial charge on any atom is 0.118 e. The van der Waals surface area contributed by atoms with Crippen LogP contribution in [0, 0.1) is 0 Å². The van der Waals surface area contributed by atoms with Gasteiger partial charge in [0.1, 0.15) is 5.75 Å². The summed E-state index contributed by atoms with van der Waals surface area (Å²) in [6.07, 6.45) is 0. The van der Waals surface area contributed by atoms with Gasteiger partial charge in [-0.25, -0.2) is 0 Å². The fourth-order valence-electron chi connectivity index (χ4n) is 1.84. The Morgan fingerprint density at radius 2 is 1.24 bits per heavy atom. The Labute approximate surface area is 103 Å². The standard InChI is InChI=1S/C16H18O/c1-12(2)13-4-6-14(7-5-13)15-8-10-16(17-3)11-9-15/h4-12H,1-3H3. The lowest BCUT2D eigenvalue weighted by molar-refractivity contribution is 0.415. The van der Waals surface area contributed by atoms with Crippen molar-refractivity contribution < 1.29 is 4.74 Å². The second-order valence-electron chi connectivity index (χ2n) is 4.51. The van der Waals surface area contributed by atoms with E-state index in [1.54, 1.807) is 7.11 Å². The van der Waals surface area contributed by atoms with Crippen molar-refractivity contribution >= 4 is 0 Å². The lowest BCUT2D eigenvalue weighted by Gasteiger charge is -2.07. The van der Waals surface area contributed by atoms with Gasteiger partial charge in [-0.2, -0.15) is 0 Å². The van der Waals surface area contributed by atoms with Gasteiger partial charge in [-0.1, -0.05) is 50.2 Å². The van der Waals surface area contributed by atoms with E-state index in [1.807, 2.05) is 12.1 Å². The third-order valence-corrected chi connectivity index (χ3v) is 3.00. The summed E-state index contributed by atoms with van der Waals surface area (Å²) >= 11 is 0. The molecule has 0 spiro atoms. The van der Waals surface area contributed by atoms with Gasteiger partial charge in [0.05, 0.1) is 7.11 Å². The molecule has 2 aromatic rings. The zero-order valence-corrected chi connectivity index (χ0v) is 10.6. The number of hydrogen-bond acceptors (Lipinski definition) is 1. The quantitative estimate of drug-likeness (QED) is 0.749. The SMILES string of the molecule is COc1ccc(-c2ccc(C(C)C)cc2)cc1. The highest BCUT2D eigenvalue weighted by Crippen LogP contribution is 2.24. The van der Waals surface area contributed by atoms with Crippen LogP contribution in [0.25, 0.3) is 11.1 Å². The van der Waals surface area contributed by atoms with Gasteiger partial charge in [0.15, 0.2) is 0 Å². The second-order valence-corrected chi connectivity index (χ2v) is 4.51. The third kappa shape index (κ3) is 2.68. The van der Waals surface area contributed by atoms with Crippen LogP contribution in [0.4, 0.5) is 0 Å². The predicted octanol–water partition coefficient (Wildman–Crippen LogP) is 4.49. The van der Waals surface area contributed by atoms with Crippen molar-refractivity contribution in [3.63, 3.8) is 0 Å². The molecule has 1 nitrogen and oxygen atoms in total. The van der Waals surface area contributed by atoms with Crippen LogP contribution in [0.2, 0.25) is 0 Å². The smallest absolute Gasteiger partial charge is 0.118 e. The van der Waals surface area contributed by atoms with E-state index in [0.29, 0.717) is 5.92 Å². The van der Waals surface area contributed by atoms with Gasteiger partial charge in [0.2, 0.25) is 0 Å². The molecule has 0 saturated heterocycles. The number of methoxy groups -OCH3 is 1. The first-order chi connectivity index (χ1) is 8.20. The van der Waals surface area contributed by atoms with Gasteiger partial charge in [-0.3, -0.25) is 0 Å². The molecule has 0 N–H and O–H groups in total. The zero-order chi connectivity index (χ0) is 12.3. The third-order valence-electron chi connectivity index (χ3n) is 3.00. The van der Waals surface area contributed by atoms with Crippen LogP contribution >= 0.6 is 0 Å². The van der Waals surface area contributed by atoms with Gasteiger partial charge < -0.3 is 4.74 Å². The molecular formula is C16H18O. The summed E-state index contributed by atoms with van der Waals surface area (Å²) in [7, 11) is 1.69. The molecule has 17 heavy (non-hydrogen) atoms. The van der Waals surface area contributed by atoms with Crippen LogP contribution < -0.4 is 4.74 Å². The number of hydrogen-bond donors (Lipinski definition) is 0. The summed E-state index contributed by atoms with van der Waals surface area (Å²) in [6.45, 7) is 4.42. The Kier molecular flexibility index (Phi) is 3.48. The van der Waals surface area contributed by atoms with E-state index in [1.165, 1.54) is 16.7 Å². The monoisotopic (exact) mass is 226 g/mol. The molecule has 0 radical (unpaired) electrons. The lowest BCUT2D eigenvalue weighted by atomic mass is 9.99. The minimum Gasteiger partial charge on any atom is -0.497 e. The highest BCUT2D eigenvalue weighted by atomic mass is 16.5. The van der Waals surface area contributed by atoms with Gasteiger partial charge in [-0.05, 0) is 34.7 Å². The predicted molar refractivity (Wildman–Crippen MR) is 72.5 cm³/mol. The van der Waals surface area contributed by atoms with Crippen LogP contribution in [0.3, 0.4) is 0 Å². The maximum absolute atomic E-state index is 5.16. The molecule has 0 fully saturated rings. The summed E-state index contributed by atoms with van der Waals surface area (Å²) in [5.74, 6) is 1.48. The van der Waals surface area contributed by atoms with Crippen molar-refractivity contribution in [3.8, 4) is 16.9 Å². The Morgan fingerprint density at radius 3 is 1.65 bits per heavy atom. The maximum atomic E-state index is 5.16. The van der Waals surface area contributed by atoms with E-state index < -0.39 is 0 Å². The average Bonchev–Trinajstić information content (AvgIpc) is 2.39. The molecule has 0 aliphatic rings. The molecular weight excluding hydrogens is 208 g/mol. The van der Waals surface area contributed by atoms with Crippen LogP contribution in [0.1, 0.15) is 25.3 Å². The Hall–Kier alpha value is -1.76. The topological polar surface area (TPSA) is 9.23 Å². The molecule has 0 unspecified atom stereocenters. The molecule has 0 heterocycles. The molecule has 0 amide bonds. The largest absolute Gasteiger partial charge is 0.497 e. The van der Waals surface area contributed by atoms with E-state index in [2.05, 4.69) is 50.2 Å².